The molecular formula is C9H11N5O2S. The van der Waals surface area contributed by atoms with Gasteiger partial charge in [0.15, 0.2) is 0 Å². The van der Waals surface area contributed by atoms with Gasteiger partial charge >= 0.3 is 0 Å². The van der Waals surface area contributed by atoms with Gasteiger partial charge in [0.2, 0.25) is 16.0 Å². The summed E-state index contributed by atoms with van der Waals surface area (Å²) in [5.74, 6) is 0.803. The molecule has 0 aliphatic heterocycles. The smallest absolute Gasteiger partial charge is 0.282 e. The Morgan fingerprint density at radius 2 is 2.35 bits per heavy atom. The number of nitrogens with one attached hydrogen (secondary N) is 1. The van der Waals surface area contributed by atoms with Gasteiger partial charge in [0.25, 0.3) is 5.91 Å². The Morgan fingerprint density at radius 3 is 2.88 bits per heavy atom. The minimum Gasteiger partial charge on any atom is -0.444 e. The minimum atomic E-state index is -0.345. The molecule has 0 spiro atoms. The standard InChI is InChI=1S/C9H11N5O2S/c1-4-3-11-7(16-4)5(2)12-6(15)8-13-14-9(10)17-8/h3,5H,1-2H3,(H2,10,14)(H,12,15). The Morgan fingerprint density at radius 1 is 1.59 bits per heavy atom. The number of oxazole rings is 1. The van der Waals surface area contributed by atoms with Crippen LogP contribution in [0.5, 0.6) is 0 Å². The number of aryl methyl sites for hydroxylation is 1. The number of aromatic nitrogens is 3. The van der Waals surface area contributed by atoms with Gasteiger partial charge in [0.1, 0.15) is 11.8 Å². The van der Waals surface area contributed by atoms with Gasteiger partial charge in [0, 0.05) is 0 Å². The summed E-state index contributed by atoms with van der Waals surface area (Å²) in [7, 11) is 0. The van der Waals surface area contributed by atoms with Crippen LogP contribution in [0, 0.1) is 6.92 Å². The molecule has 2 rings (SSSR count). The Kier molecular flexibility index (Phi) is 3.05. The monoisotopic (exact) mass is 253 g/mol. The number of hydrogen-bond acceptors (Lipinski definition) is 7. The van der Waals surface area contributed by atoms with E-state index in [1.54, 1.807) is 20.0 Å². The topological polar surface area (TPSA) is 107 Å². The third kappa shape index (κ3) is 2.59. The largest absolute Gasteiger partial charge is 0.444 e. The van der Waals surface area contributed by atoms with Gasteiger partial charge in [-0.2, -0.15) is 0 Å². The van der Waals surface area contributed by atoms with Crippen molar-refractivity contribution in [3.05, 3.63) is 22.9 Å². The number of hydrogen-bond donors (Lipinski definition) is 2. The van der Waals surface area contributed by atoms with Crippen molar-refractivity contribution in [2.75, 3.05) is 5.73 Å². The molecule has 0 radical (unpaired) electrons. The SMILES string of the molecule is Cc1cnc(C(C)NC(=O)c2nnc(N)s2)o1. The highest BCUT2D eigenvalue weighted by molar-refractivity contribution is 7.16. The molecule has 2 aromatic heterocycles. The van der Waals surface area contributed by atoms with Crippen molar-refractivity contribution in [1.82, 2.24) is 20.5 Å². The number of amides is 1. The van der Waals surface area contributed by atoms with Crippen molar-refractivity contribution in [1.29, 1.82) is 0 Å². The Labute approximate surface area is 101 Å². The molecule has 1 unspecified atom stereocenters. The van der Waals surface area contributed by atoms with Crippen LogP contribution >= 0.6 is 11.3 Å². The fraction of sp³-hybridized carbons (Fsp3) is 0.333. The average Bonchev–Trinajstić information content (AvgIpc) is 2.87. The lowest BCUT2D eigenvalue weighted by atomic mass is 10.3. The number of nitrogens with two attached hydrogens (primary N) is 1. The van der Waals surface area contributed by atoms with Crippen LogP contribution in [-0.2, 0) is 0 Å². The molecule has 90 valence electrons. The summed E-state index contributed by atoms with van der Waals surface area (Å²) in [5, 5.41) is 10.4. The molecule has 1 atom stereocenters. The van der Waals surface area contributed by atoms with Crippen molar-refractivity contribution in [2.45, 2.75) is 19.9 Å². The zero-order valence-electron chi connectivity index (χ0n) is 9.30. The molecule has 2 aromatic rings. The third-order valence-electron chi connectivity index (χ3n) is 1.99. The first-order valence-corrected chi connectivity index (χ1v) is 5.70. The van der Waals surface area contributed by atoms with Crippen LogP contribution in [0.4, 0.5) is 5.13 Å². The first kappa shape index (κ1) is 11.5. The maximum Gasteiger partial charge on any atom is 0.282 e. The predicted molar refractivity (Wildman–Crippen MR) is 61.4 cm³/mol. The molecule has 0 fully saturated rings. The van der Waals surface area contributed by atoms with Gasteiger partial charge in [-0.05, 0) is 13.8 Å². The summed E-state index contributed by atoms with van der Waals surface area (Å²) in [6, 6.07) is -0.332. The lowest BCUT2D eigenvalue weighted by Gasteiger charge is -2.07. The first-order valence-electron chi connectivity index (χ1n) is 4.88. The summed E-state index contributed by atoms with van der Waals surface area (Å²) < 4.78 is 5.30. The van der Waals surface area contributed by atoms with Gasteiger partial charge in [-0.1, -0.05) is 11.3 Å². The fourth-order valence-corrected chi connectivity index (χ4v) is 1.73. The van der Waals surface area contributed by atoms with Crippen molar-refractivity contribution in [3.8, 4) is 0 Å². The number of carbonyl (C=O) groups excluding carboxylic acids is 1. The van der Waals surface area contributed by atoms with Crippen LogP contribution in [-0.4, -0.2) is 21.1 Å². The van der Waals surface area contributed by atoms with E-state index in [2.05, 4.69) is 20.5 Å². The molecule has 2 heterocycles. The summed E-state index contributed by atoms with van der Waals surface area (Å²) >= 11 is 1.03. The van der Waals surface area contributed by atoms with Gasteiger partial charge in [-0.25, -0.2) is 4.98 Å². The molecule has 1 amide bonds. The van der Waals surface area contributed by atoms with E-state index >= 15 is 0 Å². The van der Waals surface area contributed by atoms with E-state index in [9.17, 15) is 4.79 Å². The predicted octanol–water partition coefficient (Wildman–Crippen LogP) is 0.908. The molecule has 17 heavy (non-hydrogen) atoms. The summed E-state index contributed by atoms with van der Waals surface area (Å²) in [6.45, 7) is 3.56. The van der Waals surface area contributed by atoms with Crippen LogP contribution in [0.3, 0.4) is 0 Å². The van der Waals surface area contributed by atoms with Crippen molar-refractivity contribution >= 4 is 22.4 Å². The summed E-state index contributed by atoms with van der Waals surface area (Å²) in [4.78, 5) is 15.7. The van der Waals surface area contributed by atoms with Crippen molar-refractivity contribution in [2.24, 2.45) is 0 Å². The van der Waals surface area contributed by atoms with Crippen molar-refractivity contribution < 1.29 is 9.21 Å². The Balaban J connectivity index is 2.04. The Bertz CT molecular complexity index is 535. The maximum atomic E-state index is 11.7. The maximum absolute atomic E-state index is 11.7. The quantitative estimate of drug-likeness (QED) is 0.841. The lowest BCUT2D eigenvalue weighted by Crippen LogP contribution is -2.26. The molecule has 3 N–H and O–H groups in total. The zero-order chi connectivity index (χ0) is 12.4. The van der Waals surface area contributed by atoms with E-state index in [1.807, 2.05) is 0 Å². The van der Waals surface area contributed by atoms with Crippen LogP contribution in [0.2, 0.25) is 0 Å². The molecule has 0 aliphatic rings. The molecule has 0 aliphatic carbocycles. The molecule has 0 saturated heterocycles. The second-order valence-electron chi connectivity index (χ2n) is 3.45. The second-order valence-corrected chi connectivity index (χ2v) is 4.46. The van der Waals surface area contributed by atoms with Crippen LogP contribution < -0.4 is 11.1 Å². The second kappa shape index (κ2) is 4.50. The highest BCUT2D eigenvalue weighted by atomic mass is 32.1. The van der Waals surface area contributed by atoms with Gasteiger partial charge in [-0.3, -0.25) is 4.79 Å². The van der Waals surface area contributed by atoms with Gasteiger partial charge in [0.05, 0.1) is 6.20 Å². The van der Waals surface area contributed by atoms with E-state index in [1.165, 1.54) is 0 Å². The van der Waals surface area contributed by atoms with E-state index < -0.39 is 0 Å². The van der Waals surface area contributed by atoms with Gasteiger partial charge < -0.3 is 15.5 Å². The highest BCUT2D eigenvalue weighted by Crippen LogP contribution is 2.15. The van der Waals surface area contributed by atoms with E-state index in [-0.39, 0.29) is 22.1 Å². The lowest BCUT2D eigenvalue weighted by molar-refractivity contribution is 0.0933. The molecule has 8 heteroatoms. The van der Waals surface area contributed by atoms with Crippen molar-refractivity contribution in [3.63, 3.8) is 0 Å². The number of nitrogens with zero attached hydrogens (tertiary/aromatic N) is 3. The highest BCUT2D eigenvalue weighted by Gasteiger charge is 2.18. The molecule has 0 saturated carbocycles. The number of carbonyl (C=O) groups is 1. The van der Waals surface area contributed by atoms with E-state index in [4.69, 9.17) is 10.2 Å². The fourth-order valence-electron chi connectivity index (χ4n) is 1.22. The van der Waals surface area contributed by atoms with E-state index in [0.717, 1.165) is 11.3 Å². The summed E-state index contributed by atoms with van der Waals surface area (Å²) in [5.41, 5.74) is 5.40. The zero-order valence-corrected chi connectivity index (χ0v) is 10.1. The van der Waals surface area contributed by atoms with E-state index in [0.29, 0.717) is 11.7 Å². The number of rotatable bonds is 3. The van der Waals surface area contributed by atoms with Crippen LogP contribution in [0.1, 0.15) is 34.4 Å². The van der Waals surface area contributed by atoms with Gasteiger partial charge in [-0.15, -0.1) is 10.2 Å². The number of anilines is 1. The molecule has 7 nitrogen and oxygen atoms in total. The molecular weight excluding hydrogens is 242 g/mol. The van der Waals surface area contributed by atoms with Crippen LogP contribution in [0.25, 0.3) is 0 Å². The van der Waals surface area contributed by atoms with Crippen LogP contribution in [0.15, 0.2) is 10.6 Å². The first-order chi connectivity index (χ1) is 8.06. The third-order valence-corrected chi connectivity index (χ3v) is 2.74. The Hall–Kier alpha value is -1.96. The number of nitrogen functional groups attached to an aromatic ring is 1. The normalized spacial score (nSPS) is 12.4. The molecule has 0 aromatic carbocycles. The summed E-state index contributed by atoms with van der Waals surface area (Å²) in [6.07, 6.45) is 1.60. The minimum absolute atomic E-state index is 0.220. The molecule has 0 bridgehead atoms. The average molecular weight is 253 g/mol.